The predicted octanol–water partition coefficient (Wildman–Crippen LogP) is 2.93. The second kappa shape index (κ2) is 10.7. The van der Waals surface area contributed by atoms with Crippen LogP contribution in [0.25, 0.3) is 0 Å². The lowest BCUT2D eigenvalue weighted by Gasteiger charge is -2.37. The van der Waals surface area contributed by atoms with Crippen molar-refractivity contribution in [2.24, 2.45) is 23.7 Å². The van der Waals surface area contributed by atoms with E-state index in [0.717, 1.165) is 70.9 Å². The Morgan fingerprint density at radius 1 is 1.00 bits per heavy atom. The Hall–Kier alpha value is -0.810. The van der Waals surface area contributed by atoms with E-state index in [1.807, 2.05) is 4.90 Å². The summed E-state index contributed by atoms with van der Waals surface area (Å²) < 4.78 is 0. The highest BCUT2D eigenvalue weighted by atomic mass is 35.5. The number of piperidine rings is 3. The molecule has 2 unspecified atom stereocenters. The maximum Gasteiger partial charge on any atom is 0.225 e. The van der Waals surface area contributed by atoms with Crippen LogP contribution in [0, 0.1) is 23.7 Å². The molecule has 0 aliphatic carbocycles. The van der Waals surface area contributed by atoms with Gasteiger partial charge in [-0.05, 0) is 69.4 Å². The third kappa shape index (κ3) is 6.08. The van der Waals surface area contributed by atoms with Crippen molar-refractivity contribution in [1.82, 2.24) is 15.1 Å². The maximum atomic E-state index is 12.7. The van der Waals surface area contributed by atoms with E-state index in [9.17, 15) is 9.59 Å². The van der Waals surface area contributed by atoms with Crippen LogP contribution in [0.4, 0.5) is 0 Å². The summed E-state index contributed by atoms with van der Waals surface area (Å²) in [6.45, 7) is 10.0. The number of halogens is 1. The molecule has 0 spiro atoms. The van der Waals surface area contributed by atoms with E-state index in [1.165, 1.54) is 12.8 Å². The Morgan fingerprint density at radius 2 is 1.63 bits per heavy atom. The van der Waals surface area contributed by atoms with Gasteiger partial charge in [-0.2, -0.15) is 0 Å². The molecule has 6 heteroatoms. The van der Waals surface area contributed by atoms with Gasteiger partial charge < -0.3 is 15.1 Å². The summed E-state index contributed by atoms with van der Waals surface area (Å²) in [4.78, 5) is 29.5. The monoisotopic (exact) mass is 399 g/mol. The molecule has 0 aromatic carbocycles. The minimum Gasteiger partial charge on any atom is -0.343 e. The van der Waals surface area contributed by atoms with Gasteiger partial charge in [-0.1, -0.05) is 13.8 Å². The number of carbonyl (C=O) groups is 2. The zero-order chi connectivity index (χ0) is 18.5. The fourth-order valence-corrected chi connectivity index (χ4v) is 4.80. The molecule has 5 nitrogen and oxygen atoms in total. The van der Waals surface area contributed by atoms with Gasteiger partial charge in [0.15, 0.2) is 0 Å². The first-order chi connectivity index (χ1) is 12.5. The average molecular weight is 400 g/mol. The smallest absolute Gasteiger partial charge is 0.225 e. The van der Waals surface area contributed by atoms with Crippen LogP contribution in [0.15, 0.2) is 0 Å². The summed E-state index contributed by atoms with van der Waals surface area (Å²) in [5.74, 6) is 2.59. The Labute approximate surface area is 171 Å². The van der Waals surface area contributed by atoms with Crippen LogP contribution >= 0.6 is 12.4 Å². The van der Waals surface area contributed by atoms with Gasteiger partial charge in [0.1, 0.15) is 0 Å². The number of nitrogens with zero attached hydrogens (tertiary/aromatic N) is 2. The van der Waals surface area contributed by atoms with Crippen LogP contribution in [0.2, 0.25) is 0 Å². The van der Waals surface area contributed by atoms with Gasteiger partial charge >= 0.3 is 0 Å². The molecule has 3 aliphatic heterocycles. The van der Waals surface area contributed by atoms with Crippen molar-refractivity contribution in [1.29, 1.82) is 0 Å². The molecular weight excluding hydrogens is 362 g/mol. The number of amides is 2. The second-order valence-corrected chi connectivity index (χ2v) is 8.95. The zero-order valence-corrected chi connectivity index (χ0v) is 17.9. The normalized spacial score (nSPS) is 26.4. The number of rotatable bonds is 4. The van der Waals surface area contributed by atoms with Crippen molar-refractivity contribution in [3.63, 3.8) is 0 Å². The Morgan fingerprint density at radius 3 is 2.22 bits per heavy atom. The third-order valence-corrected chi connectivity index (χ3v) is 6.93. The largest absolute Gasteiger partial charge is 0.343 e. The van der Waals surface area contributed by atoms with Crippen LogP contribution in [0.5, 0.6) is 0 Å². The topological polar surface area (TPSA) is 52.7 Å². The van der Waals surface area contributed by atoms with Gasteiger partial charge in [-0.3, -0.25) is 9.59 Å². The van der Waals surface area contributed by atoms with Gasteiger partial charge in [0.25, 0.3) is 0 Å². The Bertz CT molecular complexity index is 480. The number of hydrogen-bond donors (Lipinski definition) is 1. The lowest BCUT2D eigenvalue weighted by atomic mass is 9.85. The van der Waals surface area contributed by atoms with Gasteiger partial charge in [-0.15, -0.1) is 12.4 Å². The summed E-state index contributed by atoms with van der Waals surface area (Å²) >= 11 is 0. The lowest BCUT2D eigenvalue weighted by molar-refractivity contribution is -0.142. The molecule has 0 radical (unpaired) electrons. The molecule has 3 rings (SSSR count). The molecular formula is C21H38ClN3O2. The average Bonchev–Trinajstić information content (AvgIpc) is 2.69. The van der Waals surface area contributed by atoms with Crippen molar-refractivity contribution in [2.45, 2.75) is 58.8 Å². The molecule has 0 saturated carbocycles. The Kier molecular flexibility index (Phi) is 8.87. The van der Waals surface area contributed by atoms with E-state index in [4.69, 9.17) is 0 Å². The van der Waals surface area contributed by atoms with Gasteiger partial charge in [0.05, 0.1) is 0 Å². The lowest BCUT2D eigenvalue weighted by Crippen LogP contribution is -2.46. The van der Waals surface area contributed by atoms with E-state index >= 15 is 0 Å². The minimum absolute atomic E-state index is 0. The quantitative estimate of drug-likeness (QED) is 0.790. The number of nitrogens with one attached hydrogen (secondary N) is 1. The van der Waals surface area contributed by atoms with Crippen molar-refractivity contribution in [3.8, 4) is 0 Å². The van der Waals surface area contributed by atoms with Crippen molar-refractivity contribution >= 4 is 24.2 Å². The van der Waals surface area contributed by atoms with Crippen molar-refractivity contribution in [2.75, 3.05) is 39.3 Å². The van der Waals surface area contributed by atoms with E-state index in [-0.39, 0.29) is 18.3 Å². The third-order valence-electron chi connectivity index (χ3n) is 6.93. The molecule has 3 heterocycles. The van der Waals surface area contributed by atoms with Gasteiger partial charge in [-0.25, -0.2) is 0 Å². The van der Waals surface area contributed by atoms with Crippen LogP contribution < -0.4 is 5.32 Å². The van der Waals surface area contributed by atoms with Crippen LogP contribution in [0.3, 0.4) is 0 Å². The van der Waals surface area contributed by atoms with Crippen LogP contribution in [0.1, 0.15) is 58.8 Å². The zero-order valence-electron chi connectivity index (χ0n) is 17.1. The molecule has 3 aliphatic rings. The van der Waals surface area contributed by atoms with Crippen molar-refractivity contribution < 1.29 is 9.59 Å². The first kappa shape index (κ1) is 22.5. The highest BCUT2D eigenvalue weighted by Gasteiger charge is 2.32. The summed E-state index contributed by atoms with van der Waals surface area (Å²) in [7, 11) is 0. The highest BCUT2D eigenvalue weighted by molar-refractivity contribution is 5.85. The predicted molar refractivity (Wildman–Crippen MR) is 111 cm³/mol. The molecule has 156 valence electrons. The molecule has 3 saturated heterocycles. The number of carbonyl (C=O) groups excluding carboxylic acids is 2. The van der Waals surface area contributed by atoms with E-state index in [0.29, 0.717) is 30.1 Å². The summed E-state index contributed by atoms with van der Waals surface area (Å²) in [6, 6.07) is 0. The van der Waals surface area contributed by atoms with Crippen LogP contribution in [-0.4, -0.2) is 60.9 Å². The first-order valence-corrected chi connectivity index (χ1v) is 10.8. The van der Waals surface area contributed by atoms with E-state index in [2.05, 4.69) is 24.1 Å². The van der Waals surface area contributed by atoms with Gasteiger partial charge in [0.2, 0.25) is 11.8 Å². The second-order valence-electron chi connectivity index (χ2n) is 8.95. The molecule has 0 bridgehead atoms. The maximum absolute atomic E-state index is 12.7. The fraction of sp³-hybridized carbons (Fsp3) is 0.905. The number of likely N-dealkylation sites (tertiary alicyclic amines) is 2. The summed E-state index contributed by atoms with van der Waals surface area (Å²) in [5.41, 5.74) is 0. The van der Waals surface area contributed by atoms with Crippen LogP contribution in [-0.2, 0) is 9.59 Å². The summed E-state index contributed by atoms with van der Waals surface area (Å²) in [5, 5.41) is 3.45. The van der Waals surface area contributed by atoms with E-state index in [1.54, 1.807) is 0 Å². The summed E-state index contributed by atoms with van der Waals surface area (Å²) in [6.07, 6.45) is 7.09. The molecule has 1 N–H and O–H groups in total. The first-order valence-electron chi connectivity index (χ1n) is 10.8. The standard InChI is InChI=1S/C21H37N3O2.ClH/c1-16-5-10-24(11-6-16)21(26)18-7-12-23(13-8-18)20(25)14-17(2)19-4-3-9-22-15-19;/h16-19,22H,3-15H2,1-2H3;1H. The SMILES string of the molecule is CC1CCN(C(=O)C2CCN(C(=O)CC(C)C3CCCNC3)CC2)CC1.Cl. The number of hydrogen-bond acceptors (Lipinski definition) is 3. The molecule has 2 amide bonds. The molecule has 27 heavy (non-hydrogen) atoms. The Balaban J connectivity index is 0.00000261. The molecule has 0 aromatic rings. The van der Waals surface area contributed by atoms with Crippen molar-refractivity contribution in [3.05, 3.63) is 0 Å². The minimum atomic E-state index is 0. The molecule has 2 atom stereocenters. The highest BCUT2D eigenvalue weighted by Crippen LogP contribution is 2.26. The molecule has 3 fully saturated rings. The van der Waals surface area contributed by atoms with E-state index < -0.39 is 0 Å². The molecule has 0 aromatic heterocycles. The van der Waals surface area contributed by atoms with Gasteiger partial charge in [0, 0.05) is 38.5 Å². The fourth-order valence-electron chi connectivity index (χ4n) is 4.80.